The molecule has 2 fully saturated rings. The number of nitrogens with zero attached hydrogens (tertiary/aromatic N) is 4. The van der Waals surface area contributed by atoms with Crippen LogP contribution in [0, 0.1) is 18.3 Å². The molecule has 0 spiro atoms. The van der Waals surface area contributed by atoms with Gasteiger partial charge in [-0.15, -0.1) is 0 Å². The minimum Gasteiger partial charge on any atom is -0.368 e. The number of benzene rings is 1. The highest BCUT2D eigenvalue weighted by atomic mass is 16.2. The number of pyridine rings is 1. The highest BCUT2D eigenvalue weighted by molar-refractivity contribution is 5.96. The van der Waals surface area contributed by atoms with Crippen LogP contribution in [-0.2, 0) is 0 Å². The lowest BCUT2D eigenvalue weighted by atomic mass is 10.00. The van der Waals surface area contributed by atoms with E-state index in [1.807, 2.05) is 30.0 Å². The first kappa shape index (κ1) is 15.7. The topological polar surface area (TPSA) is 72.3 Å². The number of hydrogen-bond donors (Lipinski definition) is 1. The molecule has 128 valence electrons. The van der Waals surface area contributed by atoms with Gasteiger partial charge in [0, 0.05) is 37.8 Å². The van der Waals surface area contributed by atoms with Crippen molar-refractivity contribution in [3.63, 3.8) is 0 Å². The molecule has 2 aliphatic heterocycles. The third kappa shape index (κ3) is 2.66. The summed E-state index contributed by atoms with van der Waals surface area (Å²) in [5, 5.41) is 13.5. The molecular weight excluding hydrogens is 314 g/mol. The fourth-order valence-electron chi connectivity index (χ4n) is 4.03. The molecule has 0 bridgehead atoms. The third-order valence-electron chi connectivity index (χ3n) is 5.23. The maximum Gasteiger partial charge on any atom is 0.317 e. The van der Waals surface area contributed by atoms with Crippen LogP contribution in [0.2, 0.25) is 0 Å². The molecule has 2 amide bonds. The normalized spacial score (nSPS) is 20.6. The molecule has 2 saturated heterocycles. The van der Waals surface area contributed by atoms with Gasteiger partial charge in [0.25, 0.3) is 0 Å². The number of para-hydroxylation sites is 1. The molecule has 1 aromatic heterocycles. The lowest BCUT2D eigenvalue weighted by Crippen LogP contribution is -2.49. The smallest absolute Gasteiger partial charge is 0.317 e. The van der Waals surface area contributed by atoms with Crippen LogP contribution >= 0.6 is 0 Å². The first-order valence-corrected chi connectivity index (χ1v) is 8.77. The van der Waals surface area contributed by atoms with E-state index in [1.165, 1.54) is 0 Å². The largest absolute Gasteiger partial charge is 0.368 e. The second kappa shape index (κ2) is 6.25. The van der Waals surface area contributed by atoms with E-state index in [2.05, 4.69) is 21.3 Å². The van der Waals surface area contributed by atoms with Gasteiger partial charge in [-0.1, -0.05) is 18.2 Å². The van der Waals surface area contributed by atoms with E-state index in [9.17, 15) is 10.1 Å². The molecule has 0 radical (unpaired) electrons. The number of nitriles is 1. The second-order valence-electron chi connectivity index (χ2n) is 6.77. The van der Waals surface area contributed by atoms with Crippen molar-refractivity contribution in [3.05, 3.63) is 35.5 Å². The number of carbonyl (C=O) groups excluding carboxylic acids is 1. The summed E-state index contributed by atoms with van der Waals surface area (Å²) in [6, 6.07) is 8.61. The fraction of sp³-hybridized carbons (Fsp3) is 0.421. The summed E-state index contributed by atoms with van der Waals surface area (Å²) >= 11 is 0. The standard InChI is InChI=1S/C19H21N5O/c1-13-4-2-6-16-17(13)22-11-14(10-20)18(16)23-8-3-5-15(12-23)24-9-7-21-19(24)25/h2,4,6,11,15H,3,5,7-9,12H2,1H3,(H,21,25)/t15-/m1/s1. The zero-order valence-electron chi connectivity index (χ0n) is 14.3. The first-order valence-electron chi connectivity index (χ1n) is 8.77. The number of amides is 2. The molecule has 1 aromatic carbocycles. The summed E-state index contributed by atoms with van der Waals surface area (Å²) in [6.07, 6.45) is 3.69. The Hall–Kier alpha value is -2.81. The van der Waals surface area contributed by atoms with Gasteiger partial charge < -0.3 is 15.1 Å². The van der Waals surface area contributed by atoms with E-state index in [4.69, 9.17) is 0 Å². The van der Waals surface area contributed by atoms with E-state index in [0.717, 1.165) is 61.2 Å². The van der Waals surface area contributed by atoms with Gasteiger partial charge in [-0.3, -0.25) is 4.98 Å². The van der Waals surface area contributed by atoms with Crippen molar-refractivity contribution in [3.8, 4) is 6.07 Å². The number of aromatic nitrogens is 1. The van der Waals surface area contributed by atoms with Crippen LogP contribution in [0.25, 0.3) is 10.9 Å². The summed E-state index contributed by atoms with van der Waals surface area (Å²) < 4.78 is 0. The predicted octanol–water partition coefficient (Wildman–Crippen LogP) is 2.41. The highest BCUT2D eigenvalue weighted by Crippen LogP contribution is 2.33. The fourth-order valence-corrected chi connectivity index (χ4v) is 4.03. The van der Waals surface area contributed by atoms with Gasteiger partial charge in [-0.2, -0.15) is 5.26 Å². The summed E-state index contributed by atoms with van der Waals surface area (Å²) in [5.74, 6) is 0. The Bertz CT molecular complexity index is 872. The van der Waals surface area contributed by atoms with E-state index in [1.54, 1.807) is 6.20 Å². The molecule has 2 aromatic rings. The van der Waals surface area contributed by atoms with Gasteiger partial charge in [-0.05, 0) is 25.3 Å². The molecule has 6 nitrogen and oxygen atoms in total. The minimum atomic E-state index is 0.0304. The molecule has 3 heterocycles. The summed E-state index contributed by atoms with van der Waals surface area (Å²) in [6.45, 7) is 5.18. The van der Waals surface area contributed by atoms with Crippen molar-refractivity contribution in [2.75, 3.05) is 31.1 Å². The van der Waals surface area contributed by atoms with Gasteiger partial charge in [0.15, 0.2) is 0 Å². The van der Waals surface area contributed by atoms with Gasteiger partial charge in [0.1, 0.15) is 6.07 Å². The Balaban J connectivity index is 1.74. The van der Waals surface area contributed by atoms with Crippen molar-refractivity contribution in [2.45, 2.75) is 25.8 Å². The number of aryl methyl sites for hydroxylation is 1. The highest BCUT2D eigenvalue weighted by Gasteiger charge is 2.32. The Kier molecular flexibility index (Phi) is 3.92. The van der Waals surface area contributed by atoms with Crippen molar-refractivity contribution in [1.29, 1.82) is 5.26 Å². The van der Waals surface area contributed by atoms with Gasteiger partial charge in [0.2, 0.25) is 0 Å². The average Bonchev–Trinajstić information content (AvgIpc) is 3.07. The van der Waals surface area contributed by atoms with Crippen LogP contribution in [-0.4, -0.2) is 48.1 Å². The molecule has 2 aliphatic rings. The van der Waals surface area contributed by atoms with E-state index in [0.29, 0.717) is 5.56 Å². The number of anilines is 1. The number of urea groups is 1. The number of hydrogen-bond acceptors (Lipinski definition) is 4. The van der Waals surface area contributed by atoms with Crippen molar-refractivity contribution < 1.29 is 4.79 Å². The average molecular weight is 335 g/mol. The first-order chi connectivity index (χ1) is 12.2. The number of fused-ring (bicyclic) bond motifs is 1. The Morgan fingerprint density at radius 3 is 3.00 bits per heavy atom. The molecular formula is C19H21N5O. The molecule has 0 saturated carbocycles. The summed E-state index contributed by atoms with van der Waals surface area (Å²) in [7, 11) is 0. The third-order valence-corrected chi connectivity index (χ3v) is 5.23. The molecule has 6 heteroatoms. The number of piperidine rings is 1. The van der Waals surface area contributed by atoms with Gasteiger partial charge >= 0.3 is 6.03 Å². The summed E-state index contributed by atoms with van der Waals surface area (Å²) in [4.78, 5) is 20.7. The Morgan fingerprint density at radius 2 is 2.24 bits per heavy atom. The summed E-state index contributed by atoms with van der Waals surface area (Å²) in [5.41, 5.74) is 3.61. The van der Waals surface area contributed by atoms with E-state index in [-0.39, 0.29) is 12.1 Å². The quantitative estimate of drug-likeness (QED) is 0.915. The van der Waals surface area contributed by atoms with Crippen LogP contribution in [0.4, 0.5) is 10.5 Å². The number of rotatable bonds is 2. The molecule has 1 N–H and O–H groups in total. The van der Waals surface area contributed by atoms with Crippen LogP contribution in [0.1, 0.15) is 24.0 Å². The molecule has 0 aliphatic carbocycles. The SMILES string of the molecule is Cc1cccc2c(N3CCC[C@@H](N4CCNC4=O)C3)c(C#N)cnc12. The lowest BCUT2D eigenvalue weighted by molar-refractivity contribution is 0.189. The van der Waals surface area contributed by atoms with Crippen molar-refractivity contribution >= 4 is 22.6 Å². The maximum atomic E-state index is 12.0. The lowest BCUT2D eigenvalue weighted by Gasteiger charge is -2.39. The Labute approximate surface area is 147 Å². The minimum absolute atomic E-state index is 0.0304. The van der Waals surface area contributed by atoms with E-state index < -0.39 is 0 Å². The van der Waals surface area contributed by atoms with Crippen LogP contribution in [0.3, 0.4) is 0 Å². The number of nitrogens with one attached hydrogen (secondary N) is 1. The molecule has 0 unspecified atom stereocenters. The van der Waals surface area contributed by atoms with Crippen LogP contribution in [0.15, 0.2) is 24.4 Å². The van der Waals surface area contributed by atoms with Crippen LogP contribution in [0.5, 0.6) is 0 Å². The second-order valence-corrected chi connectivity index (χ2v) is 6.77. The molecule has 4 rings (SSSR count). The molecule has 1 atom stereocenters. The molecule has 25 heavy (non-hydrogen) atoms. The monoisotopic (exact) mass is 335 g/mol. The van der Waals surface area contributed by atoms with E-state index >= 15 is 0 Å². The van der Waals surface area contributed by atoms with Gasteiger partial charge in [-0.25, -0.2) is 4.79 Å². The maximum absolute atomic E-state index is 12.0. The Morgan fingerprint density at radius 1 is 1.36 bits per heavy atom. The van der Waals surface area contributed by atoms with Gasteiger partial charge in [0.05, 0.1) is 22.8 Å². The predicted molar refractivity (Wildman–Crippen MR) is 96.5 cm³/mol. The van der Waals surface area contributed by atoms with Crippen molar-refractivity contribution in [1.82, 2.24) is 15.2 Å². The van der Waals surface area contributed by atoms with Crippen LogP contribution < -0.4 is 10.2 Å². The number of carbonyl (C=O) groups is 1. The zero-order chi connectivity index (χ0) is 17.4. The zero-order valence-corrected chi connectivity index (χ0v) is 14.3. The van der Waals surface area contributed by atoms with Crippen molar-refractivity contribution in [2.24, 2.45) is 0 Å².